The molecule has 176 valence electrons. The van der Waals surface area contributed by atoms with Gasteiger partial charge in [-0.3, -0.25) is 4.79 Å². The molecule has 0 fully saturated rings. The van der Waals surface area contributed by atoms with Crippen LogP contribution in [0.15, 0.2) is 35.3 Å². The summed E-state index contributed by atoms with van der Waals surface area (Å²) in [5, 5.41) is 0. The van der Waals surface area contributed by atoms with Gasteiger partial charge in [-0.2, -0.15) is 0 Å². The van der Waals surface area contributed by atoms with Crippen molar-refractivity contribution in [1.82, 2.24) is 19.7 Å². The van der Waals surface area contributed by atoms with Gasteiger partial charge in [-0.15, -0.1) is 4.72 Å². The van der Waals surface area contributed by atoms with E-state index in [1.54, 1.807) is 41.5 Å². The summed E-state index contributed by atoms with van der Waals surface area (Å²) in [5.41, 5.74) is -0.699. The third-order valence-corrected chi connectivity index (χ3v) is 6.82. The number of halogens is 2. The molecule has 10 heteroatoms. The standard InChI is InChI=1S/C23H26F2N4O3S/c1-13-21(32-14(2)28-13)20(30)9-23(6,29-33(31)22(3,4)5)17-7-16(18(24)8-19(17)25)15-10-26-12-27-11-15/h7-8,10-12,29H,9H2,1-6H3/t23-,33?/m0/s1. The van der Waals surface area contributed by atoms with Crippen LogP contribution in [0.3, 0.4) is 0 Å². The first-order chi connectivity index (χ1) is 15.3. The number of Topliss-reactive ketones (excluding diaryl/α,β-unsaturated/α-hetero) is 1. The molecule has 0 aliphatic carbocycles. The predicted octanol–water partition coefficient (Wildman–Crippen LogP) is 4.57. The SMILES string of the molecule is Cc1nc(C)c(C(=O)C[C@](C)(N[S+]([O-])C(C)(C)C)c2cc(-c3cncnc3)c(F)cc2F)o1. The molecule has 3 rings (SSSR count). The number of nitrogens with one attached hydrogen (secondary N) is 1. The number of hydrogen-bond acceptors (Lipinski definition) is 7. The van der Waals surface area contributed by atoms with Crippen molar-refractivity contribution in [2.75, 3.05) is 0 Å². The normalized spacial score (nSPS) is 14.7. The largest absolute Gasteiger partial charge is 0.598 e. The highest BCUT2D eigenvalue weighted by molar-refractivity contribution is 7.90. The fraction of sp³-hybridized carbons (Fsp3) is 0.391. The number of hydrogen-bond donors (Lipinski definition) is 1. The van der Waals surface area contributed by atoms with E-state index in [0.717, 1.165) is 6.07 Å². The summed E-state index contributed by atoms with van der Waals surface area (Å²) >= 11 is -1.68. The van der Waals surface area contributed by atoms with E-state index in [2.05, 4.69) is 19.7 Å². The average Bonchev–Trinajstić information content (AvgIpc) is 3.06. The summed E-state index contributed by atoms with van der Waals surface area (Å²) < 4.78 is 50.5. The quantitative estimate of drug-likeness (QED) is 0.394. The van der Waals surface area contributed by atoms with Crippen molar-refractivity contribution in [2.24, 2.45) is 0 Å². The van der Waals surface area contributed by atoms with E-state index in [9.17, 15) is 13.7 Å². The summed E-state index contributed by atoms with van der Waals surface area (Å²) in [6.45, 7) is 10.0. The van der Waals surface area contributed by atoms with E-state index in [1.165, 1.54) is 24.8 Å². The summed E-state index contributed by atoms with van der Waals surface area (Å²) in [6, 6.07) is 2.04. The second kappa shape index (κ2) is 9.28. The minimum atomic E-state index is -1.68. The number of carbonyl (C=O) groups excluding carboxylic acids is 1. The minimum absolute atomic E-state index is 0.0254. The van der Waals surface area contributed by atoms with Gasteiger partial charge < -0.3 is 8.97 Å². The first-order valence-electron chi connectivity index (χ1n) is 10.2. The molecule has 2 aromatic heterocycles. The maximum atomic E-state index is 15.2. The summed E-state index contributed by atoms with van der Waals surface area (Å²) in [4.78, 5) is 25.0. The highest BCUT2D eigenvalue weighted by Gasteiger charge is 2.42. The van der Waals surface area contributed by atoms with E-state index >= 15 is 4.39 Å². The Balaban J connectivity index is 2.13. The number of ketones is 1. The predicted molar refractivity (Wildman–Crippen MR) is 121 cm³/mol. The number of nitrogens with zero attached hydrogens (tertiary/aromatic N) is 3. The van der Waals surface area contributed by atoms with Crippen LogP contribution in [0.5, 0.6) is 0 Å². The second-order valence-electron chi connectivity index (χ2n) is 9.00. The van der Waals surface area contributed by atoms with Crippen LogP contribution in [0.4, 0.5) is 8.78 Å². The molecule has 0 saturated carbocycles. The van der Waals surface area contributed by atoms with E-state index in [1.807, 2.05) is 0 Å². The third-order valence-electron chi connectivity index (χ3n) is 5.07. The lowest BCUT2D eigenvalue weighted by Gasteiger charge is -2.35. The van der Waals surface area contributed by atoms with Crippen molar-refractivity contribution >= 4 is 17.1 Å². The molecule has 2 heterocycles. The van der Waals surface area contributed by atoms with Crippen LogP contribution < -0.4 is 4.72 Å². The third kappa shape index (κ3) is 5.45. The molecule has 0 radical (unpaired) electrons. The molecule has 1 unspecified atom stereocenters. The molecule has 2 atom stereocenters. The van der Waals surface area contributed by atoms with Crippen LogP contribution in [0.1, 0.15) is 61.8 Å². The number of carbonyl (C=O) groups is 1. The molecule has 1 N–H and O–H groups in total. The molecular formula is C23H26F2N4O3S. The number of benzene rings is 1. The van der Waals surface area contributed by atoms with Crippen LogP contribution >= 0.6 is 0 Å². The van der Waals surface area contributed by atoms with Gasteiger partial charge in [0.2, 0.25) is 5.78 Å². The van der Waals surface area contributed by atoms with Gasteiger partial charge in [0.05, 0.1) is 11.2 Å². The molecule has 0 bridgehead atoms. The fourth-order valence-electron chi connectivity index (χ4n) is 3.37. The Labute approximate surface area is 194 Å². The molecule has 0 aliphatic rings. The monoisotopic (exact) mass is 476 g/mol. The van der Waals surface area contributed by atoms with Gasteiger partial charge in [0.1, 0.15) is 22.7 Å². The minimum Gasteiger partial charge on any atom is -0.598 e. The Bertz CT molecular complexity index is 1160. The molecule has 3 aromatic rings. The van der Waals surface area contributed by atoms with Gasteiger partial charge in [-0.25, -0.2) is 23.7 Å². The Morgan fingerprint density at radius 1 is 1.12 bits per heavy atom. The molecule has 0 aliphatic heterocycles. The van der Waals surface area contributed by atoms with Gasteiger partial charge in [0.15, 0.2) is 11.7 Å². The number of rotatable bonds is 7. The lowest BCUT2D eigenvalue weighted by atomic mass is 9.85. The van der Waals surface area contributed by atoms with Crippen LogP contribution in [0.25, 0.3) is 11.1 Å². The summed E-state index contributed by atoms with van der Waals surface area (Å²) in [7, 11) is 0. The molecule has 33 heavy (non-hydrogen) atoms. The second-order valence-corrected chi connectivity index (χ2v) is 11.0. The first kappa shape index (κ1) is 24.9. The molecule has 7 nitrogen and oxygen atoms in total. The Hall–Kier alpha value is -2.69. The highest BCUT2D eigenvalue weighted by atomic mass is 32.2. The van der Waals surface area contributed by atoms with Crippen LogP contribution in [0, 0.1) is 25.5 Å². The fourth-order valence-corrected chi connectivity index (χ4v) is 4.26. The summed E-state index contributed by atoms with van der Waals surface area (Å²) in [5.74, 6) is -1.78. The van der Waals surface area contributed by atoms with Crippen LogP contribution in [-0.4, -0.2) is 30.0 Å². The maximum absolute atomic E-state index is 15.2. The molecule has 0 spiro atoms. The van der Waals surface area contributed by atoms with Crippen molar-refractivity contribution in [1.29, 1.82) is 0 Å². The van der Waals surface area contributed by atoms with Gasteiger partial charge in [0.25, 0.3) is 0 Å². The molecular weight excluding hydrogens is 450 g/mol. The number of aromatic nitrogens is 3. The molecule has 1 aromatic carbocycles. The Kier molecular flexibility index (Phi) is 7.01. The summed E-state index contributed by atoms with van der Waals surface area (Å²) in [6.07, 6.45) is 3.79. The van der Waals surface area contributed by atoms with Crippen molar-refractivity contribution in [3.05, 3.63) is 65.4 Å². The number of oxazole rings is 1. The van der Waals surface area contributed by atoms with Gasteiger partial charge in [0, 0.05) is 59.9 Å². The first-order valence-corrected chi connectivity index (χ1v) is 11.4. The Morgan fingerprint density at radius 3 is 2.30 bits per heavy atom. The lowest BCUT2D eigenvalue weighted by molar-refractivity contribution is 0.0919. The van der Waals surface area contributed by atoms with Gasteiger partial charge in [-0.1, -0.05) is 0 Å². The Morgan fingerprint density at radius 2 is 1.76 bits per heavy atom. The van der Waals surface area contributed by atoms with Crippen molar-refractivity contribution in [3.8, 4) is 11.1 Å². The topological polar surface area (TPSA) is 104 Å². The van der Waals surface area contributed by atoms with Crippen LogP contribution in [-0.2, 0) is 16.9 Å². The zero-order valence-electron chi connectivity index (χ0n) is 19.3. The zero-order valence-corrected chi connectivity index (χ0v) is 20.1. The van der Waals surface area contributed by atoms with Crippen molar-refractivity contribution in [2.45, 2.75) is 58.2 Å². The van der Waals surface area contributed by atoms with Gasteiger partial charge >= 0.3 is 0 Å². The molecule has 0 amide bonds. The van der Waals surface area contributed by atoms with Gasteiger partial charge in [-0.05, 0) is 40.7 Å². The number of aryl methyl sites for hydroxylation is 2. The smallest absolute Gasteiger partial charge is 0.202 e. The van der Waals surface area contributed by atoms with E-state index in [-0.39, 0.29) is 23.3 Å². The van der Waals surface area contributed by atoms with E-state index < -0.39 is 39.1 Å². The van der Waals surface area contributed by atoms with Crippen molar-refractivity contribution < 1.29 is 22.5 Å². The lowest BCUT2D eigenvalue weighted by Crippen LogP contribution is -2.51. The van der Waals surface area contributed by atoms with Crippen molar-refractivity contribution in [3.63, 3.8) is 0 Å². The highest BCUT2D eigenvalue weighted by Crippen LogP contribution is 2.35. The molecule has 0 saturated heterocycles. The van der Waals surface area contributed by atoms with Crippen LogP contribution in [0.2, 0.25) is 0 Å². The van der Waals surface area contributed by atoms with E-state index in [4.69, 9.17) is 4.42 Å². The zero-order chi connectivity index (χ0) is 24.6. The van der Waals surface area contributed by atoms with E-state index in [0.29, 0.717) is 17.1 Å². The average molecular weight is 477 g/mol. The maximum Gasteiger partial charge on any atom is 0.202 e.